The summed E-state index contributed by atoms with van der Waals surface area (Å²) in [6.07, 6.45) is 2.69. The number of nitrogens with zero attached hydrogens (tertiary/aromatic N) is 3. The average molecular weight is 258 g/mol. The summed E-state index contributed by atoms with van der Waals surface area (Å²) in [7, 11) is 0. The Kier molecular flexibility index (Phi) is 6.05. The van der Waals surface area contributed by atoms with E-state index in [9.17, 15) is 0 Å². The minimum atomic E-state index is 0.315. The van der Waals surface area contributed by atoms with Crippen LogP contribution in [0.2, 0.25) is 0 Å². The lowest BCUT2D eigenvalue weighted by atomic mass is 10.3. The van der Waals surface area contributed by atoms with Crippen LogP contribution in [0.3, 0.4) is 0 Å². The summed E-state index contributed by atoms with van der Waals surface area (Å²) in [6, 6.07) is 2.09. The normalized spacial score (nSPS) is 10.6. The molecule has 0 saturated carbocycles. The van der Waals surface area contributed by atoms with Gasteiger partial charge < -0.3 is 9.64 Å². The van der Waals surface area contributed by atoms with Crippen molar-refractivity contribution in [3.05, 3.63) is 12.3 Å². The summed E-state index contributed by atoms with van der Waals surface area (Å²) >= 11 is 5.79. The maximum atomic E-state index is 5.79. The van der Waals surface area contributed by atoms with Crippen molar-refractivity contribution in [2.75, 3.05) is 23.9 Å². The first-order valence-electron chi connectivity index (χ1n) is 5.97. The monoisotopic (exact) mass is 257 g/mol. The van der Waals surface area contributed by atoms with Crippen LogP contribution in [0, 0.1) is 0 Å². The van der Waals surface area contributed by atoms with Gasteiger partial charge in [-0.05, 0) is 20.3 Å². The highest BCUT2D eigenvalue weighted by Crippen LogP contribution is 2.15. The summed E-state index contributed by atoms with van der Waals surface area (Å²) in [5.41, 5.74) is 0. The molecule has 96 valence electrons. The number of hydrogen-bond donors (Lipinski definition) is 0. The number of halogens is 1. The van der Waals surface area contributed by atoms with Gasteiger partial charge in [-0.3, -0.25) is 0 Å². The molecule has 1 aromatic heterocycles. The van der Waals surface area contributed by atoms with E-state index in [4.69, 9.17) is 16.3 Å². The Bertz CT molecular complexity index is 333. The molecule has 0 aromatic carbocycles. The van der Waals surface area contributed by atoms with Crippen molar-refractivity contribution >= 4 is 17.5 Å². The summed E-state index contributed by atoms with van der Waals surface area (Å²) in [6.45, 7) is 7.66. The third kappa shape index (κ3) is 4.38. The number of alkyl halides is 1. The van der Waals surface area contributed by atoms with E-state index in [1.54, 1.807) is 12.3 Å². The third-order valence-electron chi connectivity index (χ3n) is 2.28. The summed E-state index contributed by atoms with van der Waals surface area (Å²) < 4.78 is 5.49. The van der Waals surface area contributed by atoms with Crippen LogP contribution in [0.4, 0.5) is 5.95 Å². The van der Waals surface area contributed by atoms with E-state index in [-0.39, 0.29) is 0 Å². The van der Waals surface area contributed by atoms with Crippen molar-refractivity contribution in [2.24, 2.45) is 0 Å². The van der Waals surface area contributed by atoms with Gasteiger partial charge in [-0.25, -0.2) is 4.98 Å². The van der Waals surface area contributed by atoms with Gasteiger partial charge >= 0.3 is 0 Å². The largest absolute Gasteiger partial charge is 0.478 e. The lowest BCUT2D eigenvalue weighted by Crippen LogP contribution is -2.34. The fourth-order valence-corrected chi connectivity index (χ4v) is 1.62. The Balaban J connectivity index is 2.80. The van der Waals surface area contributed by atoms with Crippen LogP contribution in [-0.4, -0.2) is 35.0 Å². The molecular weight excluding hydrogens is 238 g/mol. The molecule has 1 heterocycles. The maximum Gasteiger partial charge on any atom is 0.228 e. The Hall–Kier alpha value is -1.03. The minimum absolute atomic E-state index is 0.315. The maximum absolute atomic E-state index is 5.79. The molecule has 0 fully saturated rings. The van der Waals surface area contributed by atoms with E-state index in [0.29, 0.717) is 30.4 Å². The fraction of sp³-hybridized carbons (Fsp3) is 0.667. The topological polar surface area (TPSA) is 38.2 Å². The minimum Gasteiger partial charge on any atom is -0.478 e. The quantitative estimate of drug-likeness (QED) is 0.704. The summed E-state index contributed by atoms with van der Waals surface area (Å²) in [5, 5.41) is 0. The van der Waals surface area contributed by atoms with Crippen LogP contribution in [-0.2, 0) is 0 Å². The molecule has 0 atom stereocenters. The third-order valence-corrected chi connectivity index (χ3v) is 2.45. The van der Waals surface area contributed by atoms with E-state index < -0.39 is 0 Å². The SMILES string of the molecule is CCCOc1ccnc(N(CCCl)C(C)C)n1. The zero-order valence-electron chi connectivity index (χ0n) is 10.7. The van der Waals surface area contributed by atoms with Crippen LogP contribution < -0.4 is 9.64 Å². The molecule has 0 amide bonds. The van der Waals surface area contributed by atoms with Crippen molar-refractivity contribution < 1.29 is 4.74 Å². The number of anilines is 1. The summed E-state index contributed by atoms with van der Waals surface area (Å²) in [5.74, 6) is 1.85. The van der Waals surface area contributed by atoms with E-state index in [1.807, 2.05) is 0 Å². The second-order valence-corrected chi connectivity index (χ2v) is 4.40. The van der Waals surface area contributed by atoms with Crippen molar-refractivity contribution in [1.82, 2.24) is 9.97 Å². The lowest BCUT2D eigenvalue weighted by Gasteiger charge is -2.25. The number of ether oxygens (including phenoxy) is 1. The van der Waals surface area contributed by atoms with Gasteiger partial charge in [0.15, 0.2) is 0 Å². The number of rotatable bonds is 7. The standard InChI is InChI=1S/C12H20ClN3O/c1-4-9-17-11-5-7-14-12(15-11)16(8-6-13)10(2)3/h5,7,10H,4,6,8-9H2,1-3H3. The second kappa shape index (κ2) is 7.33. The molecule has 0 aliphatic heterocycles. The van der Waals surface area contributed by atoms with Gasteiger partial charge in [0.05, 0.1) is 6.61 Å². The Morgan fingerprint density at radius 3 is 2.82 bits per heavy atom. The van der Waals surface area contributed by atoms with Crippen LogP contribution >= 0.6 is 11.6 Å². The molecule has 0 unspecified atom stereocenters. The van der Waals surface area contributed by atoms with E-state index in [1.165, 1.54) is 0 Å². The number of hydrogen-bond acceptors (Lipinski definition) is 4. The highest BCUT2D eigenvalue weighted by atomic mass is 35.5. The zero-order chi connectivity index (χ0) is 12.7. The molecule has 0 N–H and O–H groups in total. The predicted octanol–water partition coefficient (Wildman–Crippen LogP) is 2.72. The van der Waals surface area contributed by atoms with Gasteiger partial charge in [-0.2, -0.15) is 4.98 Å². The molecule has 5 heteroatoms. The smallest absolute Gasteiger partial charge is 0.228 e. The number of aromatic nitrogens is 2. The second-order valence-electron chi connectivity index (χ2n) is 4.02. The lowest BCUT2D eigenvalue weighted by molar-refractivity contribution is 0.304. The molecule has 0 bridgehead atoms. The van der Waals surface area contributed by atoms with Crippen LogP contribution in [0.5, 0.6) is 5.88 Å². The average Bonchev–Trinajstić information content (AvgIpc) is 2.33. The molecular formula is C12H20ClN3O. The Labute approximate surface area is 108 Å². The van der Waals surface area contributed by atoms with Gasteiger partial charge in [-0.15, -0.1) is 11.6 Å². The van der Waals surface area contributed by atoms with Gasteiger partial charge in [-0.1, -0.05) is 6.92 Å². The molecule has 0 saturated heterocycles. The molecule has 17 heavy (non-hydrogen) atoms. The highest BCUT2D eigenvalue weighted by molar-refractivity contribution is 6.18. The first-order valence-corrected chi connectivity index (χ1v) is 6.51. The molecule has 0 spiro atoms. The van der Waals surface area contributed by atoms with Gasteiger partial charge in [0, 0.05) is 30.7 Å². The van der Waals surface area contributed by atoms with Gasteiger partial charge in [0.25, 0.3) is 0 Å². The Morgan fingerprint density at radius 2 is 2.24 bits per heavy atom. The van der Waals surface area contributed by atoms with Gasteiger partial charge in [0.1, 0.15) is 0 Å². The van der Waals surface area contributed by atoms with Crippen molar-refractivity contribution in [3.8, 4) is 5.88 Å². The fourth-order valence-electron chi connectivity index (χ4n) is 1.44. The van der Waals surface area contributed by atoms with E-state index >= 15 is 0 Å². The molecule has 1 rings (SSSR count). The molecule has 4 nitrogen and oxygen atoms in total. The highest BCUT2D eigenvalue weighted by Gasteiger charge is 2.13. The molecule has 0 aliphatic carbocycles. The van der Waals surface area contributed by atoms with Crippen molar-refractivity contribution in [3.63, 3.8) is 0 Å². The molecule has 1 aromatic rings. The molecule has 0 aliphatic rings. The first-order chi connectivity index (χ1) is 8.19. The molecule has 0 radical (unpaired) electrons. The Morgan fingerprint density at radius 1 is 1.47 bits per heavy atom. The van der Waals surface area contributed by atoms with Crippen molar-refractivity contribution in [2.45, 2.75) is 33.2 Å². The van der Waals surface area contributed by atoms with Crippen LogP contribution in [0.25, 0.3) is 0 Å². The van der Waals surface area contributed by atoms with E-state index in [0.717, 1.165) is 13.0 Å². The van der Waals surface area contributed by atoms with Crippen molar-refractivity contribution in [1.29, 1.82) is 0 Å². The van der Waals surface area contributed by atoms with Crippen LogP contribution in [0.1, 0.15) is 27.2 Å². The predicted molar refractivity (Wildman–Crippen MR) is 71.0 cm³/mol. The van der Waals surface area contributed by atoms with Crippen LogP contribution in [0.15, 0.2) is 12.3 Å². The first kappa shape index (κ1) is 14.0. The summed E-state index contributed by atoms with van der Waals surface area (Å²) in [4.78, 5) is 10.7. The van der Waals surface area contributed by atoms with E-state index in [2.05, 4.69) is 35.6 Å². The zero-order valence-corrected chi connectivity index (χ0v) is 11.4. The van der Waals surface area contributed by atoms with Gasteiger partial charge in [0.2, 0.25) is 11.8 Å².